The molecule has 0 amide bonds. The number of aliphatic hydroxyl groups excluding tert-OH is 1. The molecule has 0 aliphatic rings. The van der Waals surface area contributed by atoms with Gasteiger partial charge in [0.05, 0.1) is 11.0 Å². The maximum absolute atomic E-state index is 12.1. The topological polar surface area (TPSA) is 66.4 Å². The summed E-state index contributed by atoms with van der Waals surface area (Å²) in [4.78, 5) is 0.179. The smallest absolute Gasteiger partial charge is 0.241 e. The molecule has 1 aromatic rings. The summed E-state index contributed by atoms with van der Waals surface area (Å²) in [6.07, 6.45) is -0.164. The average Bonchev–Trinajstić information content (AvgIpc) is 2.24. The molecule has 0 saturated heterocycles. The van der Waals surface area contributed by atoms with Crippen LogP contribution in [0, 0.1) is 5.41 Å². The largest absolute Gasteiger partial charge is 0.392 e. The Kier molecular flexibility index (Phi) is 5.55. The van der Waals surface area contributed by atoms with E-state index in [1.165, 1.54) is 6.07 Å². The number of nitrogens with one attached hydrogen (secondary N) is 1. The van der Waals surface area contributed by atoms with Crippen LogP contribution in [0.3, 0.4) is 0 Å². The number of halogens is 1. The lowest BCUT2D eigenvalue weighted by molar-refractivity contribution is 0.125. The molecule has 1 unspecified atom stereocenters. The molecule has 6 heteroatoms. The van der Waals surface area contributed by atoms with Crippen molar-refractivity contribution < 1.29 is 13.5 Å². The zero-order chi connectivity index (χ0) is 14.7. The average molecular weight is 350 g/mol. The molecule has 108 valence electrons. The quantitative estimate of drug-likeness (QED) is 0.858. The van der Waals surface area contributed by atoms with Crippen molar-refractivity contribution in [2.45, 2.75) is 38.2 Å². The fourth-order valence-corrected chi connectivity index (χ4v) is 3.80. The van der Waals surface area contributed by atoms with Gasteiger partial charge in [-0.05, 0) is 39.9 Å². The molecule has 0 saturated carbocycles. The van der Waals surface area contributed by atoms with Gasteiger partial charge in [0.2, 0.25) is 10.0 Å². The molecule has 0 spiro atoms. The summed E-state index contributed by atoms with van der Waals surface area (Å²) in [6, 6.07) is 6.59. The van der Waals surface area contributed by atoms with Crippen LogP contribution >= 0.6 is 15.9 Å². The molecular formula is C13H20BrNO3S. The number of sulfonamides is 1. The van der Waals surface area contributed by atoms with Crippen LogP contribution in [0.15, 0.2) is 33.6 Å². The van der Waals surface area contributed by atoms with Crippen molar-refractivity contribution in [2.75, 3.05) is 6.54 Å². The zero-order valence-corrected chi connectivity index (χ0v) is 13.8. The predicted octanol–water partition coefficient (Wildman–Crippen LogP) is 2.52. The third-order valence-corrected chi connectivity index (χ3v) is 4.92. The molecule has 0 aromatic heterocycles. The molecular weight excluding hydrogens is 330 g/mol. The van der Waals surface area contributed by atoms with E-state index in [-0.39, 0.29) is 16.9 Å². The number of hydrogen-bond acceptors (Lipinski definition) is 3. The molecule has 1 aromatic carbocycles. The van der Waals surface area contributed by atoms with E-state index in [1.54, 1.807) is 18.2 Å². The molecule has 2 N–H and O–H groups in total. The Labute approximate surface area is 123 Å². The Morgan fingerprint density at radius 1 is 1.32 bits per heavy atom. The fraction of sp³-hybridized carbons (Fsp3) is 0.538. The van der Waals surface area contributed by atoms with Crippen molar-refractivity contribution in [1.29, 1.82) is 0 Å². The fourth-order valence-electron chi connectivity index (χ4n) is 1.73. The second-order valence-corrected chi connectivity index (χ2v) is 8.29. The first-order valence-electron chi connectivity index (χ1n) is 6.04. The predicted molar refractivity (Wildman–Crippen MR) is 79.4 cm³/mol. The minimum absolute atomic E-state index is 0.0148. The highest BCUT2D eigenvalue weighted by Gasteiger charge is 2.21. The Morgan fingerprint density at radius 3 is 2.42 bits per heavy atom. The van der Waals surface area contributed by atoms with Gasteiger partial charge in [-0.25, -0.2) is 13.1 Å². The van der Waals surface area contributed by atoms with Crippen LogP contribution in [0.4, 0.5) is 0 Å². The Bertz CT molecular complexity index is 523. The minimum Gasteiger partial charge on any atom is -0.392 e. The van der Waals surface area contributed by atoms with E-state index >= 15 is 0 Å². The van der Waals surface area contributed by atoms with Gasteiger partial charge in [-0.3, -0.25) is 0 Å². The van der Waals surface area contributed by atoms with E-state index in [0.717, 1.165) is 0 Å². The summed E-state index contributed by atoms with van der Waals surface area (Å²) in [5.41, 5.74) is -0.0435. The van der Waals surface area contributed by atoms with Crippen LogP contribution in [0.25, 0.3) is 0 Å². The van der Waals surface area contributed by atoms with Crippen LogP contribution in [0.1, 0.15) is 27.2 Å². The van der Waals surface area contributed by atoms with Gasteiger partial charge >= 0.3 is 0 Å². The van der Waals surface area contributed by atoms with Gasteiger partial charge in [0.15, 0.2) is 0 Å². The summed E-state index contributed by atoms with van der Waals surface area (Å²) in [6.45, 7) is 6.01. The Morgan fingerprint density at radius 2 is 1.89 bits per heavy atom. The second-order valence-electron chi connectivity index (χ2n) is 5.70. The lowest BCUT2D eigenvalue weighted by Gasteiger charge is -2.22. The van der Waals surface area contributed by atoms with Gasteiger partial charge in [0.25, 0.3) is 0 Å². The van der Waals surface area contributed by atoms with Crippen LogP contribution in [-0.2, 0) is 10.0 Å². The van der Waals surface area contributed by atoms with Gasteiger partial charge in [-0.1, -0.05) is 32.9 Å². The van der Waals surface area contributed by atoms with Crippen molar-refractivity contribution >= 4 is 26.0 Å². The maximum atomic E-state index is 12.1. The molecule has 19 heavy (non-hydrogen) atoms. The van der Waals surface area contributed by atoms with Gasteiger partial charge < -0.3 is 5.11 Å². The number of hydrogen-bond donors (Lipinski definition) is 2. The van der Waals surface area contributed by atoms with Crippen molar-refractivity contribution in [3.05, 3.63) is 28.7 Å². The monoisotopic (exact) mass is 349 g/mol. The van der Waals surface area contributed by atoms with Crippen LogP contribution in [-0.4, -0.2) is 26.2 Å². The lowest BCUT2D eigenvalue weighted by atomic mass is 9.89. The molecule has 1 rings (SSSR count). The standard InChI is InChI=1S/C13H20BrNO3S/c1-13(2,3)8-10(16)9-15-19(17,18)12-7-5-4-6-11(12)14/h4-7,10,15-16H,8-9H2,1-3H3. The third kappa shape index (κ3) is 5.60. The molecule has 0 aliphatic heterocycles. The molecule has 1 atom stereocenters. The summed E-state index contributed by atoms with van der Waals surface area (Å²) < 4.78 is 27.1. The van der Waals surface area contributed by atoms with Gasteiger partial charge in [0, 0.05) is 11.0 Å². The van der Waals surface area contributed by atoms with Crippen molar-refractivity contribution in [2.24, 2.45) is 5.41 Å². The van der Waals surface area contributed by atoms with Gasteiger partial charge in [0.1, 0.15) is 0 Å². The molecule has 4 nitrogen and oxygen atoms in total. The maximum Gasteiger partial charge on any atom is 0.241 e. The minimum atomic E-state index is -3.60. The molecule has 0 bridgehead atoms. The molecule has 0 aliphatic carbocycles. The van der Waals surface area contributed by atoms with Gasteiger partial charge in [-0.2, -0.15) is 0 Å². The van der Waals surface area contributed by atoms with Crippen molar-refractivity contribution in [3.63, 3.8) is 0 Å². The zero-order valence-electron chi connectivity index (χ0n) is 11.4. The van der Waals surface area contributed by atoms with E-state index in [0.29, 0.717) is 10.9 Å². The summed E-state index contributed by atoms with van der Waals surface area (Å²) in [5.74, 6) is 0. The molecule has 0 heterocycles. The van der Waals surface area contributed by atoms with Crippen LogP contribution < -0.4 is 4.72 Å². The number of rotatable bonds is 5. The highest BCUT2D eigenvalue weighted by atomic mass is 79.9. The number of aliphatic hydroxyl groups is 1. The third-order valence-electron chi connectivity index (χ3n) is 2.48. The van der Waals surface area contributed by atoms with Crippen LogP contribution in [0.2, 0.25) is 0 Å². The van der Waals surface area contributed by atoms with Crippen LogP contribution in [0.5, 0.6) is 0 Å². The highest BCUT2D eigenvalue weighted by Crippen LogP contribution is 2.22. The van der Waals surface area contributed by atoms with E-state index in [9.17, 15) is 13.5 Å². The summed E-state index contributed by atoms with van der Waals surface area (Å²) >= 11 is 3.21. The first kappa shape index (κ1) is 16.6. The first-order chi connectivity index (χ1) is 8.62. The Balaban J connectivity index is 2.70. The SMILES string of the molecule is CC(C)(C)CC(O)CNS(=O)(=O)c1ccccc1Br. The molecule has 0 fully saturated rings. The highest BCUT2D eigenvalue weighted by molar-refractivity contribution is 9.10. The van der Waals surface area contributed by atoms with E-state index in [1.807, 2.05) is 20.8 Å². The van der Waals surface area contributed by atoms with E-state index < -0.39 is 16.1 Å². The van der Waals surface area contributed by atoms with Crippen molar-refractivity contribution in [3.8, 4) is 0 Å². The van der Waals surface area contributed by atoms with E-state index in [4.69, 9.17) is 0 Å². The van der Waals surface area contributed by atoms with Crippen molar-refractivity contribution in [1.82, 2.24) is 4.72 Å². The summed E-state index contributed by atoms with van der Waals surface area (Å²) in [5, 5.41) is 9.83. The number of benzene rings is 1. The summed E-state index contributed by atoms with van der Waals surface area (Å²) in [7, 11) is -3.60. The Hall–Kier alpha value is -0.430. The normalized spacial score (nSPS) is 14.4. The first-order valence-corrected chi connectivity index (χ1v) is 8.32. The van der Waals surface area contributed by atoms with E-state index in [2.05, 4.69) is 20.7 Å². The lowest BCUT2D eigenvalue weighted by Crippen LogP contribution is -2.34. The van der Waals surface area contributed by atoms with Gasteiger partial charge in [-0.15, -0.1) is 0 Å². The molecule has 0 radical (unpaired) electrons. The second kappa shape index (κ2) is 6.35.